The number of nitrogens with one attached hydrogen (secondary N) is 1. The first-order valence-corrected chi connectivity index (χ1v) is 17.8. The second kappa shape index (κ2) is 13.6. The first-order valence-electron chi connectivity index (χ1n) is 14.6. The molecule has 2 N–H and O–H groups in total. The molecule has 4 aromatic rings. The Morgan fingerprint density at radius 2 is 1.96 bits per heavy atom. The number of carbonyl (C=O) groups is 1. The summed E-state index contributed by atoms with van der Waals surface area (Å²) in [7, 11) is 3.62. The lowest BCUT2D eigenvalue weighted by Gasteiger charge is -2.33. The van der Waals surface area contributed by atoms with E-state index in [-0.39, 0.29) is 12.0 Å². The smallest absolute Gasteiger partial charge is 0.323 e. The van der Waals surface area contributed by atoms with Crippen molar-refractivity contribution in [3.8, 4) is 5.75 Å². The number of halogens is 2. The third-order valence-corrected chi connectivity index (χ3v) is 10.3. The standard InChI is InChI=1S/C30H37ClFN6O6PS/c1-17(2)42-29(40)18(3)36-45(46,44-22-13-9-11-20-10-7-8-12-21(20)22)41-15-30(14-31)25(39)23(32)28(43-30)38-16-33-24-26(37(5)6)34-19(4)35-27(24)38/h7-13,16-18,23,25,28,39H,14-15H2,1-6H3,(H,36,46)/t18-,23-,25+,28-,30-,45?/m1/s1. The van der Waals surface area contributed by atoms with E-state index in [0.29, 0.717) is 28.6 Å². The molecule has 0 aliphatic carbocycles. The summed E-state index contributed by atoms with van der Waals surface area (Å²) in [6.07, 6.45) is -4.00. The van der Waals surface area contributed by atoms with Crippen LogP contribution in [-0.4, -0.2) is 87.2 Å². The minimum atomic E-state index is -3.63. The highest BCUT2D eigenvalue weighted by atomic mass is 35.5. The van der Waals surface area contributed by atoms with Crippen LogP contribution in [0, 0.1) is 6.92 Å². The average Bonchev–Trinajstić information content (AvgIpc) is 3.53. The number of aryl methyl sites for hydroxylation is 1. The molecule has 3 heterocycles. The molecule has 0 amide bonds. The summed E-state index contributed by atoms with van der Waals surface area (Å²) in [5.74, 6) is 0.474. The fraction of sp³-hybridized carbons (Fsp3) is 0.467. The maximum absolute atomic E-state index is 16.0. The zero-order valence-corrected chi connectivity index (χ0v) is 28.7. The average molecular weight is 695 g/mol. The van der Waals surface area contributed by atoms with Gasteiger partial charge in [0.05, 0.1) is 24.9 Å². The summed E-state index contributed by atoms with van der Waals surface area (Å²) in [4.78, 5) is 27.8. The normalized spacial score (nSPS) is 23.5. The summed E-state index contributed by atoms with van der Waals surface area (Å²) < 4.78 is 41.5. The zero-order valence-electron chi connectivity index (χ0n) is 26.3. The van der Waals surface area contributed by atoms with Crippen molar-refractivity contribution in [1.82, 2.24) is 24.6 Å². The number of fused-ring (bicyclic) bond motifs is 2. The number of alkyl halides is 2. The van der Waals surface area contributed by atoms with Gasteiger partial charge in [-0.25, -0.2) is 24.4 Å². The molecule has 2 aromatic heterocycles. The van der Waals surface area contributed by atoms with E-state index in [2.05, 4.69) is 20.0 Å². The molecule has 0 radical (unpaired) electrons. The number of hydrogen-bond acceptors (Lipinski definition) is 11. The molecule has 1 unspecified atom stereocenters. The highest BCUT2D eigenvalue weighted by Crippen LogP contribution is 2.50. The predicted molar refractivity (Wildman–Crippen MR) is 178 cm³/mol. The number of hydrogen-bond donors (Lipinski definition) is 2. The van der Waals surface area contributed by atoms with E-state index in [9.17, 15) is 9.90 Å². The van der Waals surface area contributed by atoms with Crippen LogP contribution < -0.4 is 14.5 Å². The molecule has 12 nitrogen and oxygen atoms in total. The Bertz CT molecular complexity index is 1780. The molecule has 5 rings (SSSR count). The second-order valence-corrected chi connectivity index (χ2v) is 15.0. The van der Waals surface area contributed by atoms with Gasteiger partial charge in [-0.2, -0.15) is 0 Å². The van der Waals surface area contributed by atoms with Crippen LogP contribution in [0.3, 0.4) is 0 Å². The molecule has 248 valence electrons. The van der Waals surface area contributed by atoms with Crippen LogP contribution in [0.25, 0.3) is 21.9 Å². The number of aliphatic hydroxyl groups is 1. The Balaban J connectivity index is 1.46. The number of carbonyl (C=O) groups excluding carboxylic acids is 1. The van der Waals surface area contributed by atoms with Gasteiger partial charge in [0.2, 0.25) is 0 Å². The van der Waals surface area contributed by atoms with Gasteiger partial charge in [0.25, 0.3) is 0 Å². The molecule has 1 fully saturated rings. The number of anilines is 1. The Kier molecular flexibility index (Phi) is 10.2. The maximum Gasteiger partial charge on any atom is 0.323 e. The minimum absolute atomic E-state index is 0.325. The minimum Gasteiger partial charge on any atom is -0.462 e. The molecule has 6 atom stereocenters. The fourth-order valence-corrected chi connectivity index (χ4v) is 7.86. The number of esters is 1. The number of nitrogens with zero attached hydrogens (tertiary/aromatic N) is 5. The zero-order chi connectivity index (χ0) is 33.4. The molecule has 0 spiro atoms. The van der Waals surface area contributed by atoms with Gasteiger partial charge in [0.15, 0.2) is 29.4 Å². The van der Waals surface area contributed by atoms with Crippen molar-refractivity contribution >= 4 is 63.8 Å². The molecule has 0 bridgehead atoms. The first-order chi connectivity index (χ1) is 21.8. The van der Waals surface area contributed by atoms with Crippen molar-refractivity contribution in [1.29, 1.82) is 0 Å². The summed E-state index contributed by atoms with van der Waals surface area (Å²) in [5.41, 5.74) is -0.999. The fourth-order valence-electron chi connectivity index (χ4n) is 5.12. The van der Waals surface area contributed by atoms with E-state index in [4.69, 9.17) is 41.9 Å². The number of rotatable bonds is 12. The lowest BCUT2D eigenvalue weighted by atomic mass is 9.99. The number of imidazole rings is 1. The summed E-state index contributed by atoms with van der Waals surface area (Å²) >= 11 is 12.3. The molecule has 1 aliphatic heterocycles. The van der Waals surface area contributed by atoms with E-state index in [0.717, 1.165) is 10.8 Å². The van der Waals surface area contributed by atoms with Crippen molar-refractivity contribution < 1.29 is 32.8 Å². The van der Waals surface area contributed by atoms with Gasteiger partial charge in [-0.15, -0.1) is 11.6 Å². The molecule has 1 saturated heterocycles. The summed E-state index contributed by atoms with van der Waals surface area (Å²) in [5, 5.41) is 15.9. The number of benzene rings is 2. The van der Waals surface area contributed by atoms with Gasteiger partial charge in [0.1, 0.15) is 29.3 Å². The molecular formula is C30H37ClFN6O6PS. The van der Waals surface area contributed by atoms with Crippen molar-refractivity contribution in [3.63, 3.8) is 0 Å². The van der Waals surface area contributed by atoms with Gasteiger partial charge in [-0.3, -0.25) is 9.36 Å². The monoisotopic (exact) mass is 694 g/mol. The van der Waals surface area contributed by atoms with Crippen molar-refractivity contribution in [2.45, 2.75) is 63.9 Å². The number of aliphatic hydroxyl groups excluding tert-OH is 1. The van der Waals surface area contributed by atoms with E-state index < -0.39 is 49.4 Å². The third kappa shape index (κ3) is 6.84. The van der Waals surface area contributed by atoms with Crippen molar-refractivity contribution in [3.05, 3.63) is 54.6 Å². The van der Waals surface area contributed by atoms with Gasteiger partial charge in [-0.05, 0) is 51.0 Å². The summed E-state index contributed by atoms with van der Waals surface area (Å²) in [6, 6.07) is 12.1. The van der Waals surface area contributed by atoms with Gasteiger partial charge in [-0.1, -0.05) is 36.4 Å². The topological polar surface area (TPSA) is 133 Å². The molecule has 0 saturated carbocycles. The lowest BCUT2D eigenvalue weighted by molar-refractivity contribution is -0.149. The predicted octanol–water partition coefficient (Wildman–Crippen LogP) is 4.81. The summed E-state index contributed by atoms with van der Waals surface area (Å²) in [6.45, 7) is 2.64. The Labute approximate surface area is 276 Å². The van der Waals surface area contributed by atoms with Crippen LogP contribution in [0.4, 0.5) is 10.2 Å². The second-order valence-electron chi connectivity index (χ2n) is 11.6. The quantitative estimate of drug-likeness (QED) is 0.120. The molecule has 2 aromatic carbocycles. The lowest BCUT2D eigenvalue weighted by Crippen LogP contribution is -2.48. The van der Waals surface area contributed by atoms with Crippen LogP contribution in [0.1, 0.15) is 32.8 Å². The van der Waals surface area contributed by atoms with E-state index >= 15 is 4.39 Å². The van der Waals surface area contributed by atoms with Crippen molar-refractivity contribution in [2.24, 2.45) is 0 Å². The van der Waals surface area contributed by atoms with E-state index in [1.54, 1.807) is 44.7 Å². The van der Waals surface area contributed by atoms with Crippen LogP contribution in [0.5, 0.6) is 5.75 Å². The molecular weight excluding hydrogens is 658 g/mol. The Morgan fingerprint density at radius 1 is 1.24 bits per heavy atom. The van der Waals surface area contributed by atoms with E-state index in [1.807, 2.05) is 44.4 Å². The molecule has 16 heteroatoms. The molecule has 46 heavy (non-hydrogen) atoms. The molecule has 1 aliphatic rings. The van der Waals surface area contributed by atoms with Crippen LogP contribution in [-0.2, 0) is 30.6 Å². The highest BCUT2D eigenvalue weighted by Gasteiger charge is 2.57. The Hall–Kier alpha value is -2.97. The van der Waals surface area contributed by atoms with Crippen LogP contribution in [0.2, 0.25) is 0 Å². The number of ether oxygens (including phenoxy) is 2. The van der Waals surface area contributed by atoms with Gasteiger partial charge >= 0.3 is 12.6 Å². The van der Waals surface area contributed by atoms with Crippen LogP contribution in [0.15, 0.2) is 48.8 Å². The highest BCUT2D eigenvalue weighted by molar-refractivity contribution is 8.09. The van der Waals surface area contributed by atoms with Crippen LogP contribution >= 0.6 is 18.2 Å². The van der Waals surface area contributed by atoms with Crippen molar-refractivity contribution in [2.75, 3.05) is 31.5 Å². The van der Waals surface area contributed by atoms with Gasteiger partial charge in [0, 0.05) is 19.5 Å². The largest absolute Gasteiger partial charge is 0.462 e. The SMILES string of the molecule is Cc1nc(N(C)C)c2ncn([C@@H]3O[C@](CCl)(COP(=S)(N[C@H](C)C(=O)OC(C)C)Oc4cccc5ccccc45)[C@@H](O)[C@H]3F)c2n1. The first kappa shape index (κ1) is 34.4. The van der Waals surface area contributed by atoms with E-state index in [1.165, 1.54) is 10.9 Å². The Morgan fingerprint density at radius 3 is 2.65 bits per heavy atom. The maximum atomic E-state index is 16.0. The van der Waals surface area contributed by atoms with Gasteiger partial charge < -0.3 is 28.5 Å². The third-order valence-electron chi connectivity index (χ3n) is 7.41. The number of aromatic nitrogens is 4.